The Kier molecular flexibility index (Phi) is 4.57. The maximum Gasteiger partial charge on any atom is 0.303 e. The van der Waals surface area contributed by atoms with Gasteiger partial charge in [-0.15, -0.1) is 0 Å². The minimum atomic E-state index is -0.567. The highest BCUT2D eigenvalue weighted by Crippen LogP contribution is 2.03. The van der Waals surface area contributed by atoms with Gasteiger partial charge in [-0.25, -0.2) is 0 Å². The van der Waals surface area contributed by atoms with Crippen molar-refractivity contribution in [3.8, 4) is 0 Å². The second-order valence-corrected chi connectivity index (χ2v) is 3.10. The zero-order valence-corrected chi connectivity index (χ0v) is 8.59. The summed E-state index contributed by atoms with van der Waals surface area (Å²) in [5.74, 6) is -0.397. The molecule has 0 saturated heterocycles. The molecule has 1 atom stereocenters. The third-order valence-corrected chi connectivity index (χ3v) is 1.80. The average Bonchev–Trinajstić information content (AvgIpc) is 2.25. The Bertz CT molecular complexity index is 330. The summed E-state index contributed by atoms with van der Waals surface area (Å²) in [6, 6.07) is 9.61. The summed E-state index contributed by atoms with van der Waals surface area (Å²) in [4.78, 5) is 10.7. The van der Waals surface area contributed by atoms with Gasteiger partial charge in [0.05, 0.1) is 6.61 Å². The van der Waals surface area contributed by atoms with E-state index in [2.05, 4.69) is 0 Å². The maximum atomic E-state index is 10.7. The highest BCUT2D eigenvalue weighted by molar-refractivity contribution is 5.66. The maximum absolute atomic E-state index is 10.7. The van der Waals surface area contributed by atoms with E-state index in [0.717, 1.165) is 5.56 Å². The van der Waals surface area contributed by atoms with Gasteiger partial charge in [-0.3, -0.25) is 4.79 Å². The molecule has 0 heterocycles. The summed E-state index contributed by atoms with van der Waals surface area (Å²) in [6.45, 7) is 1.11. The van der Waals surface area contributed by atoms with Crippen molar-refractivity contribution in [2.24, 2.45) is 0 Å². The number of aliphatic hydroxyl groups is 1. The Morgan fingerprint density at radius 1 is 1.47 bits per heavy atom. The van der Waals surface area contributed by atoms with Crippen LogP contribution in [-0.2, 0) is 9.53 Å². The van der Waals surface area contributed by atoms with Crippen LogP contribution in [0.2, 0.25) is 0 Å². The van der Waals surface area contributed by atoms with E-state index in [9.17, 15) is 4.79 Å². The monoisotopic (exact) mass is 206 g/mol. The first kappa shape index (κ1) is 11.5. The Balaban J connectivity index is 2.58. The van der Waals surface area contributed by atoms with Gasteiger partial charge in [0.15, 0.2) is 0 Å². The fourth-order valence-corrected chi connectivity index (χ4v) is 1.13. The first-order valence-corrected chi connectivity index (χ1v) is 4.73. The van der Waals surface area contributed by atoms with Gasteiger partial charge >= 0.3 is 5.97 Å². The molecule has 15 heavy (non-hydrogen) atoms. The fraction of sp³-hybridized carbons (Fsp3) is 0.250. The first-order valence-electron chi connectivity index (χ1n) is 4.73. The molecular weight excluding hydrogens is 192 g/mol. The van der Waals surface area contributed by atoms with Crippen LogP contribution in [-0.4, -0.2) is 23.8 Å². The highest BCUT2D eigenvalue weighted by Gasteiger charge is 2.05. The topological polar surface area (TPSA) is 46.5 Å². The number of hydrogen-bond acceptors (Lipinski definition) is 3. The van der Waals surface area contributed by atoms with Crippen LogP contribution in [0, 0.1) is 0 Å². The molecule has 0 bridgehead atoms. The molecule has 0 radical (unpaired) electrons. The van der Waals surface area contributed by atoms with Crippen molar-refractivity contribution < 1.29 is 14.6 Å². The zero-order chi connectivity index (χ0) is 11.1. The number of aliphatic hydroxyl groups excluding tert-OH is 1. The van der Waals surface area contributed by atoms with Gasteiger partial charge in [-0.05, 0) is 11.6 Å². The lowest BCUT2D eigenvalue weighted by atomic mass is 10.2. The van der Waals surface area contributed by atoms with E-state index in [4.69, 9.17) is 9.84 Å². The van der Waals surface area contributed by atoms with Crippen LogP contribution >= 0.6 is 0 Å². The number of carbonyl (C=O) groups excluding carboxylic acids is 1. The van der Waals surface area contributed by atoms with Crippen molar-refractivity contribution >= 4 is 12.0 Å². The van der Waals surface area contributed by atoms with Crippen molar-refractivity contribution in [1.82, 2.24) is 0 Å². The van der Waals surface area contributed by atoms with Crippen molar-refractivity contribution in [1.29, 1.82) is 0 Å². The van der Waals surface area contributed by atoms with Gasteiger partial charge in [0.25, 0.3) is 0 Å². The van der Waals surface area contributed by atoms with E-state index in [1.54, 1.807) is 6.08 Å². The number of carbonyl (C=O) groups is 1. The van der Waals surface area contributed by atoms with Gasteiger partial charge in [0.2, 0.25) is 0 Å². The molecule has 3 heteroatoms. The predicted molar refractivity (Wildman–Crippen MR) is 58.1 cm³/mol. The second kappa shape index (κ2) is 5.98. The van der Waals surface area contributed by atoms with Crippen LogP contribution in [0.25, 0.3) is 6.08 Å². The standard InChI is InChI=1S/C12H14O3/c1-10(14)15-12(9-13)8-7-11-5-3-2-4-6-11/h2-8,12-13H,9H2,1H3/b8-7+. The summed E-state index contributed by atoms with van der Waals surface area (Å²) in [7, 11) is 0. The number of hydrogen-bond donors (Lipinski definition) is 1. The minimum absolute atomic E-state index is 0.205. The zero-order valence-electron chi connectivity index (χ0n) is 8.59. The SMILES string of the molecule is CC(=O)OC(/C=C/c1ccccc1)CO. The van der Waals surface area contributed by atoms with Crippen LogP contribution in [0.15, 0.2) is 36.4 Å². The molecule has 0 aliphatic heterocycles. The Morgan fingerprint density at radius 2 is 2.13 bits per heavy atom. The van der Waals surface area contributed by atoms with Gasteiger partial charge in [-0.1, -0.05) is 36.4 Å². The van der Waals surface area contributed by atoms with Gasteiger partial charge in [0.1, 0.15) is 6.10 Å². The lowest BCUT2D eigenvalue weighted by Gasteiger charge is -2.08. The second-order valence-electron chi connectivity index (χ2n) is 3.10. The molecule has 1 aromatic carbocycles. The third kappa shape index (κ3) is 4.42. The summed E-state index contributed by atoms with van der Waals surface area (Å²) >= 11 is 0. The van der Waals surface area contributed by atoms with E-state index >= 15 is 0 Å². The van der Waals surface area contributed by atoms with Gasteiger partial charge in [-0.2, -0.15) is 0 Å². The summed E-state index contributed by atoms with van der Waals surface area (Å²) < 4.78 is 4.85. The number of ether oxygens (including phenoxy) is 1. The summed E-state index contributed by atoms with van der Waals surface area (Å²) in [5, 5.41) is 8.92. The van der Waals surface area contributed by atoms with Crippen LogP contribution in [0.4, 0.5) is 0 Å². The largest absolute Gasteiger partial charge is 0.456 e. The molecule has 0 aliphatic carbocycles. The molecule has 80 valence electrons. The highest BCUT2D eigenvalue weighted by atomic mass is 16.5. The van der Waals surface area contributed by atoms with E-state index in [1.165, 1.54) is 6.92 Å². The van der Waals surface area contributed by atoms with E-state index in [0.29, 0.717) is 0 Å². The van der Waals surface area contributed by atoms with Crippen molar-refractivity contribution in [2.45, 2.75) is 13.0 Å². The molecule has 1 aromatic rings. The molecule has 1 rings (SSSR count). The van der Waals surface area contributed by atoms with Crippen molar-refractivity contribution in [3.05, 3.63) is 42.0 Å². The molecule has 1 N–H and O–H groups in total. The van der Waals surface area contributed by atoms with Gasteiger partial charge < -0.3 is 9.84 Å². The van der Waals surface area contributed by atoms with Crippen LogP contribution in [0.1, 0.15) is 12.5 Å². The smallest absolute Gasteiger partial charge is 0.303 e. The summed E-state index contributed by atoms with van der Waals surface area (Å²) in [5.41, 5.74) is 1.00. The molecule has 0 aliphatic rings. The van der Waals surface area contributed by atoms with Crippen LogP contribution < -0.4 is 0 Å². The molecule has 0 saturated carbocycles. The predicted octanol–water partition coefficient (Wildman–Crippen LogP) is 1.62. The number of esters is 1. The Hall–Kier alpha value is -1.61. The lowest BCUT2D eigenvalue weighted by molar-refractivity contribution is -0.145. The molecule has 0 amide bonds. The molecule has 1 unspecified atom stereocenters. The van der Waals surface area contributed by atoms with Crippen molar-refractivity contribution in [2.75, 3.05) is 6.61 Å². The molecule has 0 aromatic heterocycles. The quantitative estimate of drug-likeness (QED) is 0.761. The van der Waals surface area contributed by atoms with E-state index in [1.807, 2.05) is 36.4 Å². The normalized spacial score (nSPS) is 12.7. The van der Waals surface area contributed by atoms with Gasteiger partial charge in [0, 0.05) is 6.92 Å². The van der Waals surface area contributed by atoms with Crippen molar-refractivity contribution in [3.63, 3.8) is 0 Å². The first-order chi connectivity index (χ1) is 7.22. The average molecular weight is 206 g/mol. The Morgan fingerprint density at radius 3 is 2.67 bits per heavy atom. The van der Waals surface area contributed by atoms with E-state index in [-0.39, 0.29) is 6.61 Å². The molecule has 3 nitrogen and oxygen atoms in total. The molecule has 0 spiro atoms. The van der Waals surface area contributed by atoms with E-state index < -0.39 is 12.1 Å². The number of rotatable bonds is 4. The van der Waals surface area contributed by atoms with Crippen LogP contribution in [0.3, 0.4) is 0 Å². The number of benzene rings is 1. The summed E-state index contributed by atoms with van der Waals surface area (Å²) in [6.07, 6.45) is 2.91. The lowest BCUT2D eigenvalue weighted by Crippen LogP contribution is -2.17. The minimum Gasteiger partial charge on any atom is -0.456 e. The van der Waals surface area contributed by atoms with Crippen LogP contribution in [0.5, 0.6) is 0 Å². The molecular formula is C12H14O3. The fourth-order valence-electron chi connectivity index (χ4n) is 1.13. The molecule has 0 fully saturated rings. The third-order valence-electron chi connectivity index (χ3n) is 1.80. The Labute approximate surface area is 89.0 Å².